The van der Waals surface area contributed by atoms with Gasteiger partial charge in [0.25, 0.3) is 0 Å². The van der Waals surface area contributed by atoms with Crippen LogP contribution in [0, 0.1) is 0 Å². The quantitative estimate of drug-likeness (QED) is 0.839. The second kappa shape index (κ2) is 7.43. The maximum absolute atomic E-state index is 5.42. The molecule has 0 amide bonds. The van der Waals surface area contributed by atoms with Crippen LogP contribution in [0.1, 0.15) is 31.2 Å². The van der Waals surface area contributed by atoms with Gasteiger partial charge < -0.3 is 15.0 Å². The van der Waals surface area contributed by atoms with E-state index < -0.39 is 0 Å². The third-order valence-electron chi connectivity index (χ3n) is 3.37. The van der Waals surface area contributed by atoms with Crippen LogP contribution < -0.4 is 15.0 Å². The first-order valence-corrected chi connectivity index (χ1v) is 8.04. The standard InChI is InChI=1S/C16H23N3OS/c1-5-10-17-12(2)15-11-18-16(21-15)19(3)13-8-6-7-9-14(13)20-4/h6-9,11-12,17H,5,10H2,1-4H3. The molecule has 0 saturated heterocycles. The lowest BCUT2D eigenvalue weighted by atomic mass is 10.3. The van der Waals surface area contributed by atoms with E-state index in [4.69, 9.17) is 4.74 Å². The van der Waals surface area contributed by atoms with E-state index in [-0.39, 0.29) is 0 Å². The molecule has 0 aliphatic rings. The molecule has 1 atom stereocenters. The zero-order chi connectivity index (χ0) is 15.2. The van der Waals surface area contributed by atoms with Crippen molar-refractivity contribution in [3.8, 4) is 5.75 Å². The molecule has 1 unspecified atom stereocenters. The Balaban J connectivity index is 2.17. The maximum Gasteiger partial charge on any atom is 0.189 e. The van der Waals surface area contributed by atoms with E-state index in [1.807, 2.05) is 37.5 Å². The fourth-order valence-electron chi connectivity index (χ4n) is 2.10. The summed E-state index contributed by atoms with van der Waals surface area (Å²) in [7, 11) is 3.71. The second-order valence-electron chi connectivity index (χ2n) is 4.95. The molecular weight excluding hydrogens is 282 g/mol. The molecule has 2 aromatic rings. The van der Waals surface area contributed by atoms with Crippen LogP contribution in [0.15, 0.2) is 30.5 Å². The molecule has 1 heterocycles. The second-order valence-corrected chi connectivity index (χ2v) is 5.99. The summed E-state index contributed by atoms with van der Waals surface area (Å²) in [5.74, 6) is 0.855. The fraction of sp³-hybridized carbons (Fsp3) is 0.438. The van der Waals surface area contributed by atoms with Crippen LogP contribution in [0.3, 0.4) is 0 Å². The van der Waals surface area contributed by atoms with Crippen molar-refractivity contribution in [3.05, 3.63) is 35.3 Å². The van der Waals surface area contributed by atoms with E-state index >= 15 is 0 Å². The highest BCUT2D eigenvalue weighted by Crippen LogP contribution is 2.35. The van der Waals surface area contributed by atoms with Gasteiger partial charge in [-0.25, -0.2) is 4.98 Å². The number of benzene rings is 1. The summed E-state index contributed by atoms with van der Waals surface area (Å²) in [4.78, 5) is 7.87. The first-order valence-electron chi connectivity index (χ1n) is 7.23. The molecule has 1 aromatic carbocycles. The summed E-state index contributed by atoms with van der Waals surface area (Å²) >= 11 is 1.71. The Bertz CT molecular complexity index is 570. The van der Waals surface area contributed by atoms with Gasteiger partial charge in [-0.05, 0) is 32.0 Å². The Hall–Kier alpha value is -1.59. The van der Waals surface area contributed by atoms with Crippen molar-refractivity contribution in [2.24, 2.45) is 0 Å². The topological polar surface area (TPSA) is 37.4 Å². The van der Waals surface area contributed by atoms with E-state index in [0.29, 0.717) is 6.04 Å². The molecule has 21 heavy (non-hydrogen) atoms. The van der Waals surface area contributed by atoms with Crippen LogP contribution >= 0.6 is 11.3 Å². The van der Waals surface area contributed by atoms with Crippen LogP contribution in [0.5, 0.6) is 5.75 Å². The zero-order valence-corrected chi connectivity index (χ0v) is 13.9. The van der Waals surface area contributed by atoms with Crippen molar-refractivity contribution < 1.29 is 4.74 Å². The van der Waals surface area contributed by atoms with Gasteiger partial charge in [0.1, 0.15) is 5.75 Å². The summed E-state index contributed by atoms with van der Waals surface area (Å²) in [5.41, 5.74) is 1.02. The van der Waals surface area contributed by atoms with Gasteiger partial charge in [0.2, 0.25) is 0 Å². The normalized spacial score (nSPS) is 12.2. The van der Waals surface area contributed by atoms with Crippen molar-refractivity contribution >= 4 is 22.2 Å². The van der Waals surface area contributed by atoms with Gasteiger partial charge in [0.15, 0.2) is 5.13 Å². The Morgan fingerprint density at radius 1 is 1.38 bits per heavy atom. The Morgan fingerprint density at radius 3 is 2.86 bits per heavy atom. The van der Waals surface area contributed by atoms with E-state index in [2.05, 4.69) is 29.0 Å². The minimum Gasteiger partial charge on any atom is -0.495 e. The molecule has 114 valence electrons. The Kier molecular flexibility index (Phi) is 5.59. The number of hydrogen-bond donors (Lipinski definition) is 1. The first kappa shape index (κ1) is 15.8. The van der Waals surface area contributed by atoms with Crippen molar-refractivity contribution in [1.82, 2.24) is 10.3 Å². The third-order valence-corrected chi connectivity index (χ3v) is 4.63. The number of nitrogens with zero attached hydrogens (tertiary/aromatic N) is 2. The van der Waals surface area contributed by atoms with Gasteiger partial charge in [0.05, 0.1) is 12.8 Å². The van der Waals surface area contributed by atoms with Gasteiger partial charge in [-0.2, -0.15) is 0 Å². The SMILES string of the molecule is CCCNC(C)c1cnc(N(C)c2ccccc2OC)s1. The predicted molar refractivity (Wildman–Crippen MR) is 89.9 cm³/mol. The average Bonchev–Trinajstić information content (AvgIpc) is 3.01. The molecule has 2 rings (SSSR count). The van der Waals surface area contributed by atoms with E-state index in [0.717, 1.165) is 29.5 Å². The Morgan fingerprint density at radius 2 is 2.14 bits per heavy atom. The first-order chi connectivity index (χ1) is 10.2. The molecule has 5 heteroatoms. The highest BCUT2D eigenvalue weighted by molar-refractivity contribution is 7.15. The monoisotopic (exact) mass is 305 g/mol. The highest BCUT2D eigenvalue weighted by atomic mass is 32.1. The number of hydrogen-bond acceptors (Lipinski definition) is 5. The summed E-state index contributed by atoms with van der Waals surface area (Å²) in [5, 5.41) is 4.46. The summed E-state index contributed by atoms with van der Waals surface area (Å²) in [6.45, 7) is 5.38. The van der Waals surface area contributed by atoms with E-state index in [1.54, 1.807) is 18.4 Å². The molecule has 1 aromatic heterocycles. The molecule has 0 aliphatic heterocycles. The molecule has 0 spiro atoms. The largest absolute Gasteiger partial charge is 0.495 e. The lowest BCUT2D eigenvalue weighted by Crippen LogP contribution is -2.18. The molecule has 0 fully saturated rings. The van der Waals surface area contributed by atoms with Gasteiger partial charge in [0, 0.05) is 24.2 Å². The molecule has 4 nitrogen and oxygen atoms in total. The number of thiazole rings is 1. The lowest BCUT2D eigenvalue weighted by molar-refractivity contribution is 0.415. The number of aromatic nitrogens is 1. The van der Waals surface area contributed by atoms with Crippen LogP contribution in [-0.4, -0.2) is 25.7 Å². The third kappa shape index (κ3) is 3.74. The van der Waals surface area contributed by atoms with Crippen LogP contribution in [0.4, 0.5) is 10.8 Å². The van der Waals surface area contributed by atoms with Crippen molar-refractivity contribution in [2.75, 3.05) is 25.6 Å². The minimum absolute atomic E-state index is 0.335. The van der Waals surface area contributed by atoms with Crippen molar-refractivity contribution in [3.63, 3.8) is 0 Å². The number of rotatable bonds is 7. The average molecular weight is 305 g/mol. The predicted octanol–water partition coefficient (Wildman–Crippen LogP) is 3.98. The number of nitrogens with one attached hydrogen (secondary N) is 1. The van der Waals surface area contributed by atoms with Crippen molar-refractivity contribution in [1.29, 1.82) is 0 Å². The van der Waals surface area contributed by atoms with Crippen LogP contribution in [0.2, 0.25) is 0 Å². The molecule has 0 radical (unpaired) electrons. The number of methoxy groups -OCH3 is 1. The molecule has 0 aliphatic carbocycles. The van der Waals surface area contributed by atoms with Gasteiger partial charge in [-0.15, -0.1) is 0 Å². The summed E-state index contributed by atoms with van der Waals surface area (Å²) < 4.78 is 5.42. The fourth-order valence-corrected chi connectivity index (χ4v) is 3.02. The number of ether oxygens (including phenoxy) is 1. The van der Waals surface area contributed by atoms with Gasteiger partial charge in [-0.3, -0.25) is 0 Å². The Labute approximate surface area is 130 Å². The maximum atomic E-state index is 5.42. The molecule has 0 bridgehead atoms. The minimum atomic E-state index is 0.335. The summed E-state index contributed by atoms with van der Waals surface area (Å²) in [6.07, 6.45) is 3.09. The molecule has 0 saturated carbocycles. The van der Waals surface area contributed by atoms with Crippen molar-refractivity contribution in [2.45, 2.75) is 26.3 Å². The van der Waals surface area contributed by atoms with E-state index in [9.17, 15) is 0 Å². The summed E-state index contributed by atoms with van der Waals surface area (Å²) in [6, 6.07) is 8.32. The highest BCUT2D eigenvalue weighted by Gasteiger charge is 2.15. The smallest absolute Gasteiger partial charge is 0.189 e. The lowest BCUT2D eigenvalue weighted by Gasteiger charge is -2.18. The van der Waals surface area contributed by atoms with Crippen LogP contribution in [-0.2, 0) is 0 Å². The van der Waals surface area contributed by atoms with Gasteiger partial charge in [-0.1, -0.05) is 30.4 Å². The number of anilines is 2. The molecular formula is C16H23N3OS. The van der Waals surface area contributed by atoms with Gasteiger partial charge >= 0.3 is 0 Å². The number of para-hydroxylation sites is 2. The van der Waals surface area contributed by atoms with Crippen LogP contribution in [0.25, 0.3) is 0 Å². The van der Waals surface area contributed by atoms with E-state index in [1.165, 1.54) is 4.88 Å². The zero-order valence-electron chi connectivity index (χ0n) is 13.1. The molecule has 1 N–H and O–H groups in total.